The first-order valence-electron chi connectivity index (χ1n) is 14.1. The molecule has 2 heterocycles. The molecule has 1 amide bonds. The Hall–Kier alpha value is -2.53. The predicted molar refractivity (Wildman–Crippen MR) is 158 cm³/mol. The lowest BCUT2D eigenvalue weighted by Crippen LogP contribution is -2.48. The third-order valence-corrected chi connectivity index (χ3v) is 11.1. The number of thiazole rings is 1. The number of carbonyl (C=O) groups excluding carboxylic acids is 1. The molecule has 2 fully saturated rings. The first kappa shape index (κ1) is 28.0. The average Bonchev–Trinajstić information content (AvgIpc) is 3.41. The van der Waals surface area contributed by atoms with E-state index in [1.807, 2.05) is 0 Å². The average molecular weight is 570 g/mol. The Bertz CT molecular complexity index is 1380. The number of rotatable bonds is 9. The van der Waals surface area contributed by atoms with Crippen LogP contribution in [-0.4, -0.2) is 80.9 Å². The fraction of sp³-hybridized carbons (Fsp3) is 0.517. The van der Waals surface area contributed by atoms with E-state index < -0.39 is 10.0 Å². The van der Waals surface area contributed by atoms with Crippen molar-refractivity contribution < 1.29 is 13.2 Å². The van der Waals surface area contributed by atoms with Crippen molar-refractivity contribution in [3.63, 3.8) is 0 Å². The molecule has 0 spiro atoms. The number of nitrogens with one attached hydrogen (secondary N) is 1. The quantitative estimate of drug-likeness (QED) is 0.412. The molecule has 2 aromatic carbocycles. The molecule has 1 saturated heterocycles. The molecule has 2 aliphatic rings. The molecule has 10 heteroatoms. The van der Waals surface area contributed by atoms with Crippen molar-refractivity contribution in [2.75, 3.05) is 51.2 Å². The normalized spacial score (nSPS) is 17.7. The Kier molecular flexibility index (Phi) is 8.86. The molecule has 1 aliphatic carbocycles. The second-order valence-corrected chi connectivity index (χ2v) is 13.6. The molecule has 0 bridgehead atoms. The monoisotopic (exact) mass is 569 g/mol. The highest BCUT2D eigenvalue weighted by molar-refractivity contribution is 7.89. The third-order valence-electron chi connectivity index (χ3n) is 8.09. The van der Waals surface area contributed by atoms with E-state index in [2.05, 4.69) is 40.2 Å². The van der Waals surface area contributed by atoms with Crippen molar-refractivity contribution in [1.82, 2.24) is 19.5 Å². The van der Waals surface area contributed by atoms with Crippen LogP contribution in [0.5, 0.6) is 0 Å². The number of benzene rings is 2. The zero-order chi connectivity index (χ0) is 27.4. The number of aromatic nitrogens is 1. The molecule has 0 unspecified atom stereocenters. The van der Waals surface area contributed by atoms with Crippen LogP contribution in [-0.2, 0) is 16.4 Å². The summed E-state index contributed by atoms with van der Waals surface area (Å²) in [5, 5.41) is 4.07. The molecule has 39 heavy (non-hydrogen) atoms. The van der Waals surface area contributed by atoms with Crippen molar-refractivity contribution in [1.29, 1.82) is 0 Å². The van der Waals surface area contributed by atoms with Gasteiger partial charge in [0.2, 0.25) is 10.0 Å². The Morgan fingerprint density at radius 1 is 1.05 bits per heavy atom. The van der Waals surface area contributed by atoms with Crippen molar-refractivity contribution in [2.24, 2.45) is 0 Å². The van der Waals surface area contributed by atoms with Crippen molar-refractivity contribution in [3.05, 3.63) is 53.6 Å². The molecule has 1 N–H and O–H groups in total. The SMILES string of the molecule is CCc1ccc2nc(N3CCN(CCNC(=O)c4ccc(S(=O)(=O)N(C)C5CCCCC5)cc4)CC3)sc2c1. The standard InChI is InChI=1S/C29H39N5O3S2/c1-3-22-9-14-26-27(21-22)38-29(31-26)34-19-17-33(18-20-34)16-15-30-28(35)23-10-12-25(13-11-23)39(36,37)32(2)24-7-5-4-6-8-24/h9-14,21,24H,3-8,15-20H2,1-2H3,(H,30,35). The Morgan fingerprint density at radius 2 is 1.77 bits per heavy atom. The summed E-state index contributed by atoms with van der Waals surface area (Å²) in [6.45, 7) is 7.17. The zero-order valence-corrected chi connectivity index (χ0v) is 24.6. The maximum atomic E-state index is 13.1. The number of fused-ring (bicyclic) bond motifs is 1. The highest BCUT2D eigenvalue weighted by atomic mass is 32.2. The number of carbonyl (C=O) groups is 1. The van der Waals surface area contributed by atoms with Gasteiger partial charge in [-0.2, -0.15) is 4.31 Å². The number of hydrogen-bond donors (Lipinski definition) is 1. The summed E-state index contributed by atoms with van der Waals surface area (Å²) in [5.74, 6) is -0.181. The molecule has 210 valence electrons. The zero-order valence-electron chi connectivity index (χ0n) is 22.9. The molecule has 8 nitrogen and oxygen atoms in total. The van der Waals surface area contributed by atoms with Crippen LogP contribution in [0.4, 0.5) is 5.13 Å². The predicted octanol–water partition coefficient (Wildman–Crippen LogP) is 4.36. The van der Waals surface area contributed by atoms with Gasteiger partial charge in [-0.15, -0.1) is 0 Å². The second kappa shape index (κ2) is 12.3. The number of sulfonamides is 1. The van der Waals surface area contributed by atoms with E-state index in [1.54, 1.807) is 42.6 Å². The number of aryl methyl sites for hydroxylation is 1. The fourth-order valence-electron chi connectivity index (χ4n) is 5.49. The van der Waals surface area contributed by atoms with E-state index in [0.29, 0.717) is 12.1 Å². The Labute approximate surface area is 236 Å². The molecular weight excluding hydrogens is 530 g/mol. The van der Waals surface area contributed by atoms with Crippen LogP contribution in [0.1, 0.15) is 54.9 Å². The van der Waals surface area contributed by atoms with Gasteiger partial charge in [-0.3, -0.25) is 9.69 Å². The van der Waals surface area contributed by atoms with Gasteiger partial charge >= 0.3 is 0 Å². The van der Waals surface area contributed by atoms with Gasteiger partial charge in [0, 0.05) is 57.9 Å². The summed E-state index contributed by atoms with van der Waals surface area (Å²) in [6, 6.07) is 12.9. The maximum Gasteiger partial charge on any atom is 0.251 e. The van der Waals surface area contributed by atoms with Crippen molar-refractivity contribution in [2.45, 2.75) is 56.4 Å². The van der Waals surface area contributed by atoms with Crippen LogP contribution in [0.3, 0.4) is 0 Å². The van der Waals surface area contributed by atoms with Gasteiger partial charge in [-0.1, -0.05) is 43.6 Å². The van der Waals surface area contributed by atoms with Crippen LogP contribution in [0.25, 0.3) is 10.2 Å². The molecule has 1 saturated carbocycles. The van der Waals surface area contributed by atoms with E-state index in [-0.39, 0.29) is 16.8 Å². The number of piperazine rings is 1. The highest BCUT2D eigenvalue weighted by Crippen LogP contribution is 2.30. The van der Waals surface area contributed by atoms with Crippen LogP contribution >= 0.6 is 11.3 Å². The van der Waals surface area contributed by atoms with E-state index in [4.69, 9.17) is 4.98 Å². The topological polar surface area (TPSA) is 85.9 Å². The third kappa shape index (κ3) is 6.45. The molecule has 5 rings (SSSR count). The van der Waals surface area contributed by atoms with Crippen molar-refractivity contribution in [3.8, 4) is 0 Å². The highest BCUT2D eigenvalue weighted by Gasteiger charge is 2.29. The lowest BCUT2D eigenvalue weighted by Gasteiger charge is -2.34. The minimum absolute atomic E-state index is 0.0591. The summed E-state index contributed by atoms with van der Waals surface area (Å²) in [6.07, 6.45) is 6.17. The summed E-state index contributed by atoms with van der Waals surface area (Å²) in [7, 11) is -1.89. The molecular formula is C29H39N5O3S2. The fourth-order valence-corrected chi connectivity index (χ4v) is 7.99. The van der Waals surface area contributed by atoms with E-state index in [9.17, 15) is 13.2 Å². The molecule has 3 aromatic rings. The minimum Gasteiger partial charge on any atom is -0.351 e. The minimum atomic E-state index is -3.56. The Balaban J connectivity index is 1.08. The largest absolute Gasteiger partial charge is 0.351 e. The van der Waals surface area contributed by atoms with Gasteiger partial charge in [0.25, 0.3) is 5.91 Å². The van der Waals surface area contributed by atoms with Gasteiger partial charge in [-0.05, 0) is 61.2 Å². The lowest BCUT2D eigenvalue weighted by molar-refractivity contribution is 0.0947. The van der Waals surface area contributed by atoms with Gasteiger partial charge in [0.05, 0.1) is 15.1 Å². The maximum absolute atomic E-state index is 13.1. The molecule has 1 aliphatic heterocycles. The first-order valence-corrected chi connectivity index (χ1v) is 16.3. The summed E-state index contributed by atoms with van der Waals surface area (Å²) < 4.78 is 28.9. The Morgan fingerprint density at radius 3 is 2.46 bits per heavy atom. The summed E-state index contributed by atoms with van der Waals surface area (Å²) in [5.41, 5.74) is 2.88. The van der Waals surface area contributed by atoms with E-state index >= 15 is 0 Å². The van der Waals surface area contributed by atoms with Crippen LogP contribution < -0.4 is 10.2 Å². The summed E-state index contributed by atoms with van der Waals surface area (Å²) in [4.78, 5) is 22.5. The van der Waals surface area contributed by atoms with Gasteiger partial charge < -0.3 is 10.2 Å². The lowest BCUT2D eigenvalue weighted by atomic mass is 9.96. The molecule has 1 aromatic heterocycles. The second-order valence-electron chi connectivity index (χ2n) is 10.6. The van der Waals surface area contributed by atoms with Gasteiger partial charge in [0.15, 0.2) is 5.13 Å². The van der Waals surface area contributed by atoms with E-state index in [1.165, 1.54) is 21.0 Å². The number of amides is 1. The van der Waals surface area contributed by atoms with Gasteiger partial charge in [-0.25, -0.2) is 13.4 Å². The van der Waals surface area contributed by atoms with Crippen LogP contribution in [0, 0.1) is 0 Å². The molecule has 0 radical (unpaired) electrons. The number of nitrogens with zero attached hydrogens (tertiary/aromatic N) is 4. The molecule has 0 atom stereocenters. The van der Waals surface area contributed by atoms with Crippen LogP contribution in [0.15, 0.2) is 47.4 Å². The first-order chi connectivity index (χ1) is 18.8. The number of anilines is 1. The smallest absolute Gasteiger partial charge is 0.251 e. The number of hydrogen-bond acceptors (Lipinski definition) is 7. The van der Waals surface area contributed by atoms with Crippen LogP contribution in [0.2, 0.25) is 0 Å². The van der Waals surface area contributed by atoms with Crippen molar-refractivity contribution >= 4 is 42.6 Å². The van der Waals surface area contributed by atoms with E-state index in [0.717, 1.165) is 75.5 Å². The summed E-state index contributed by atoms with van der Waals surface area (Å²) >= 11 is 1.76. The van der Waals surface area contributed by atoms with Gasteiger partial charge in [0.1, 0.15) is 0 Å².